The fourth-order valence-corrected chi connectivity index (χ4v) is 7.47. The zero-order chi connectivity index (χ0) is 31.6. The first-order chi connectivity index (χ1) is 23.8. The molecule has 9 aromatic carbocycles. The quantitative estimate of drug-likeness (QED) is 0.184. The molecular weight excluding hydrogens is 583 g/mol. The van der Waals surface area contributed by atoms with Gasteiger partial charge in [0.25, 0.3) is 0 Å². The number of furan rings is 1. The lowest BCUT2D eigenvalue weighted by atomic mass is 9.94. The predicted molar refractivity (Wildman–Crippen MR) is 204 cm³/mol. The van der Waals surface area contributed by atoms with Crippen LogP contribution in [0.1, 0.15) is 0 Å². The molecule has 1 aromatic heterocycles. The molecule has 0 fully saturated rings. The molecule has 0 unspecified atom stereocenters. The first kappa shape index (κ1) is 26.8. The number of hydrogen-bond acceptors (Lipinski definition) is 2. The van der Waals surface area contributed by atoms with Gasteiger partial charge < -0.3 is 9.32 Å². The van der Waals surface area contributed by atoms with Crippen LogP contribution >= 0.6 is 0 Å². The lowest BCUT2D eigenvalue weighted by Crippen LogP contribution is -2.10. The van der Waals surface area contributed by atoms with Crippen LogP contribution in [0.25, 0.3) is 76.2 Å². The smallest absolute Gasteiger partial charge is 0.143 e. The number of benzene rings is 9. The summed E-state index contributed by atoms with van der Waals surface area (Å²) in [7, 11) is 0. The molecule has 1 heterocycles. The molecule has 0 amide bonds. The van der Waals surface area contributed by atoms with Gasteiger partial charge in [-0.15, -0.1) is 0 Å². The van der Waals surface area contributed by atoms with Gasteiger partial charge >= 0.3 is 0 Å². The Morgan fingerprint density at radius 3 is 1.73 bits per heavy atom. The molecule has 48 heavy (non-hydrogen) atoms. The standard InChI is InChI=1S/C46H29NO/c1-2-8-30(9-3-1)32-18-22-37(23-19-32)47(38-24-20-31-10-4-5-11-35(31)28-38)39-25-27-40-36(29-39)17-16-33-14-15-34-21-26-42-41-12-6-7-13-43(41)48-46(42)45(34)44(33)40/h1-29H. The summed E-state index contributed by atoms with van der Waals surface area (Å²) in [5.41, 5.74) is 7.63. The summed E-state index contributed by atoms with van der Waals surface area (Å²) >= 11 is 0. The number of anilines is 3. The molecule has 0 spiro atoms. The Bertz CT molecular complexity index is 2830. The molecule has 10 aromatic rings. The van der Waals surface area contributed by atoms with Crippen molar-refractivity contribution in [3.8, 4) is 11.1 Å². The SMILES string of the molecule is c1ccc(-c2ccc(N(c3ccc4ccccc4c3)c3ccc4c(ccc5ccc6ccc7c8ccccc8oc7c6c54)c3)cc2)cc1. The van der Waals surface area contributed by atoms with Crippen molar-refractivity contribution in [3.05, 3.63) is 176 Å². The number of rotatable bonds is 4. The minimum Gasteiger partial charge on any atom is -0.455 e. The van der Waals surface area contributed by atoms with Crippen molar-refractivity contribution >= 4 is 82.1 Å². The van der Waals surface area contributed by atoms with Gasteiger partial charge in [0, 0.05) is 38.6 Å². The highest BCUT2D eigenvalue weighted by Gasteiger charge is 2.17. The molecular formula is C46H29NO. The van der Waals surface area contributed by atoms with Gasteiger partial charge in [0.2, 0.25) is 0 Å². The number of fused-ring (bicyclic) bond motifs is 10. The molecule has 2 heteroatoms. The summed E-state index contributed by atoms with van der Waals surface area (Å²) < 4.78 is 6.57. The Hall–Kier alpha value is -6.38. The van der Waals surface area contributed by atoms with Crippen molar-refractivity contribution in [2.24, 2.45) is 0 Å². The molecule has 2 nitrogen and oxygen atoms in total. The molecule has 0 radical (unpaired) electrons. The van der Waals surface area contributed by atoms with Crippen molar-refractivity contribution in [3.63, 3.8) is 0 Å². The van der Waals surface area contributed by atoms with Crippen molar-refractivity contribution in [2.75, 3.05) is 4.90 Å². The summed E-state index contributed by atoms with van der Waals surface area (Å²) in [6.07, 6.45) is 0. The monoisotopic (exact) mass is 611 g/mol. The Labute approximate surface area is 277 Å². The molecule has 0 saturated heterocycles. The molecule has 0 bridgehead atoms. The van der Waals surface area contributed by atoms with Gasteiger partial charge in [-0.05, 0) is 92.0 Å². The van der Waals surface area contributed by atoms with E-state index in [2.05, 4.69) is 175 Å². The maximum atomic E-state index is 6.57. The van der Waals surface area contributed by atoms with Gasteiger partial charge in [-0.1, -0.05) is 127 Å². The third-order valence-corrected chi connectivity index (χ3v) is 9.79. The van der Waals surface area contributed by atoms with Gasteiger partial charge in [-0.2, -0.15) is 0 Å². The second-order valence-corrected chi connectivity index (χ2v) is 12.6. The molecule has 0 aliphatic rings. The summed E-state index contributed by atoms with van der Waals surface area (Å²) in [5, 5.41) is 11.9. The van der Waals surface area contributed by atoms with Gasteiger partial charge in [0.1, 0.15) is 11.2 Å². The van der Waals surface area contributed by atoms with Gasteiger partial charge in [0.05, 0.1) is 0 Å². The van der Waals surface area contributed by atoms with Crippen LogP contribution in [0.15, 0.2) is 180 Å². The third kappa shape index (κ3) is 4.20. The third-order valence-electron chi connectivity index (χ3n) is 9.79. The Kier molecular flexibility index (Phi) is 5.91. The van der Waals surface area contributed by atoms with Crippen LogP contribution in [0.4, 0.5) is 17.1 Å². The van der Waals surface area contributed by atoms with E-state index in [1.807, 2.05) is 6.07 Å². The Balaban J connectivity index is 1.19. The summed E-state index contributed by atoms with van der Waals surface area (Å²) in [5.74, 6) is 0. The largest absolute Gasteiger partial charge is 0.455 e. The van der Waals surface area contributed by atoms with Crippen molar-refractivity contribution < 1.29 is 4.42 Å². The zero-order valence-corrected chi connectivity index (χ0v) is 26.1. The van der Waals surface area contributed by atoms with E-state index in [-0.39, 0.29) is 0 Å². The minimum atomic E-state index is 0.920. The van der Waals surface area contributed by atoms with E-state index < -0.39 is 0 Å². The fourth-order valence-electron chi connectivity index (χ4n) is 7.47. The van der Waals surface area contributed by atoms with Gasteiger partial charge in [-0.25, -0.2) is 0 Å². The van der Waals surface area contributed by atoms with E-state index in [4.69, 9.17) is 4.42 Å². The highest BCUT2D eigenvalue weighted by Crippen LogP contribution is 2.43. The predicted octanol–water partition coefficient (Wildman–Crippen LogP) is 13.3. The molecule has 224 valence electrons. The van der Waals surface area contributed by atoms with E-state index in [1.165, 1.54) is 54.2 Å². The fraction of sp³-hybridized carbons (Fsp3) is 0. The summed E-state index contributed by atoms with van der Waals surface area (Å²) in [6, 6.07) is 63.3. The normalized spacial score (nSPS) is 11.8. The molecule has 0 atom stereocenters. The summed E-state index contributed by atoms with van der Waals surface area (Å²) in [6.45, 7) is 0. The topological polar surface area (TPSA) is 16.4 Å². The van der Waals surface area contributed by atoms with Gasteiger partial charge in [-0.3, -0.25) is 0 Å². The van der Waals surface area contributed by atoms with Crippen LogP contribution in [0, 0.1) is 0 Å². The highest BCUT2D eigenvalue weighted by atomic mass is 16.3. The molecule has 0 aliphatic carbocycles. The lowest BCUT2D eigenvalue weighted by molar-refractivity contribution is 0.673. The van der Waals surface area contributed by atoms with Crippen molar-refractivity contribution in [2.45, 2.75) is 0 Å². The molecule has 0 N–H and O–H groups in total. The zero-order valence-electron chi connectivity index (χ0n) is 26.1. The maximum Gasteiger partial charge on any atom is 0.143 e. The average Bonchev–Trinajstić information content (AvgIpc) is 3.54. The van der Waals surface area contributed by atoms with E-state index in [9.17, 15) is 0 Å². The number of nitrogens with zero attached hydrogens (tertiary/aromatic N) is 1. The number of para-hydroxylation sites is 1. The van der Waals surface area contributed by atoms with Crippen LogP contribution in [0.2, 0.25) is 0 Å². The number of hydrogen-bond donors (Lipinski definition) is 0. The Morgan fingerprint density at radius 1 is 0.333 bits per heavy atom. The molecule has 10 rings (SSSR count). The molecule has 0 aliphatic heterocycles. The minimum absolute atomic E-state index is 0.920. The van der Waals surface area contributed by atoms with Crippen LogP contribution in [0.5, 0.6) is 0 Å². The summed E-state index contributed by atoms with van der Waals surface area (Å²) in [4.78, 5) is 2.37. The van der Waals surface area contributed by atoms with Crippen LogP contribution < -0.4 is 4.90 Å². The van der Waals surface area contributed by atoms with E-state index in [0.717, 1.165) is 39.0 Å². The molecule has 0 saturated carbocycles. The van der Waals surface area contributed by atoms with E-state index >= 15 is 0 Å². The van der Waals surface area contributed by atoms with Crippen LogP contribution in [-0.2, 0) is 0 Å². The van der Waals surface area contributed by atoms with Crippen LogP contribution in [-0.4, -0.2) is 0 Å². The van der Waals surface area contributed by atoms with Gasteiger partial charge in [0.15, 0.2) is 0 Å². The lowest BCUT2D eigenvalue weighted by Gasteiger charge is -2.26. The second-order valence-electron chi connectivity index (χ2n) is 12.6. The van der Waals surface area contributed by atoms with Crippen molar-refractivity contribution in [1.82, 2.24) is 0 Å². The Morgan fingerprint density at radius 2 is 0.896 bits per heavy atom. The van der Waals surface area contributed by atoms with Crippen molar-refractivity contribution in [1.29, 1.82) is 0 Å². The first-order valence-corrected chi connectivity index (χ1v) is 16.4. The maximum absolute atomic E-state index is 6.57. The average molecular weight is 612 g/mol. The second kappa shape index (κ2) is 10.6. The first-order valence-electron chi connectivity index (χ1n) is 16.4. The van der Waals surface area contributed by atoms with Crippen LogP contribution in [0.3, 0.4) is 0 Å². The van der Waals surface area contributed by atoms with E-state index in [0.29, 0.717) is 0 Å². The highest BCUT2D eigenvalue weighted by molar-refractivity contribution is 6.28. The van der Waals surface area contributed by atoms with E-state index in [1.54, 1.807) is 0 Å².